The summed E-state index contributed by atoms with van der Waals surface area (Å²) in [6.07, 6.45) is 6.48. The topological polar surface area (TPSA) is 68.4 Å². The molecule has 0 amide bonds. The molecule has 1 heterocycles. The van der Waals surface area contributed by atoms with Gasteiger partial charge in [0.25, 0.3) is 0 Å². The zero-order valence-electron chi connectivity index (χ0n) is 13.5. The third-order valence-electron chi connectivity index (χ3n) is 4.51. The summed E-state index contributed by atoms with van der Waals surface area (Å²) in [6, 6.07) is 0. The predicted molar refractivity (Wildman–Crippen MR) is 79.9 cm³/mol. The Kier molecular flexibility index (Phi) is 5.38. The van der Waals surface area contributed by atoms with Crippen molar-refractivity contribution in [3.63, 3.8) is 0 Å². The fourth-order valence-corrected chi connectivity index (χ4v) is 2.97. The van der Waals surface area contributed by atoms with Crippen molar-refractivity contribution in [1.29, 1.82) is 0 Å². The van der Waals surface area contributed by atoms with E-state index in [4.69, 9.17) is 14.4 Å². The molecule has 120 valence electrons. The van der Waals surface area contributed by atoms with Gasteiger partial charge < -0.3 is 14.4 Å². The van der Waals surface area contributed by atoms with Crippen LogP contribution in [0.1, 0.15) is 71.0 Å². The average molecular weight is 296 g/mol. The first-order valence-corrected chi connectivity index (χ1v) is 8.09. The second-order valence-electron chi connectivity index (χ2n) is 6.78. The summed E-state index contributed by atoms with van der Waals surface area (Å²) in [5.74, 6) is 1.36. The Balaban J connectivity index is 2.08. The van der Waals surface area contributed by atoms with Crippen LogP contribution in [0.25, 0.3) is 0 Å². The number of hydrogen-bond acceptors (Lipinski definition) is 5. The minimum absolute atomic E-state index is 0.207. The first-order valence-electron chi connectivity index (χ1n) is 8.09. The third kappa shape index (κ3) is 4.04. The van der Waals surface area contributed by atoms with Crippen LogP contribution in [0.2, 0.25) is 0 Å². The minimum atomic E-state index is -0.372. The van der Waals surface area contributed by atoms with Gasteiger partial charge in [-0.1, -0.05) is 19.0 Å². The van der Waals surface area contributed by atoms with E-state index >= 15 is 0 Å². The molecule has 1 aliphatic carbocycles. The Hall–Kier alpha value is -0.940. The summed E-state index contributed by atoms with van der Waals surface area (Å²) < 4.78 is 11.4. The number of hydrogen-bond donors (Lipinski definition) is 1. The second-order valence-corrected chi connectivity index (χ2v) is 6.78. The van der Waals surface area contributed by atoms with E-state index in [-0.39, 0.29) is 12.2 Å². The highest BCUT2D eigenvalue weighted by molar-refractivity contribution is 5.05. The Morgan fingerprint density at radius 2 is 1.90 bits per heavy atom. The molecule has 0 bridgehead atoms. The lowest BCUT2D eigenvalue weighted by molar-refractivity contribution is -0.0957. The smallest absolute Gasteiger partial charge is 0.226 e. The molecule has 5 heteroatoms. The van der Waals surface area contributed by atoms with Crippen LogP contribution in [0.4, 0.5) is 0 Å². The van der Waals surface area contributed by atoms with Crippen molar-refractivity contribution in [2.24, 2.45) is 5.41 Å². The molecule has 0 atom stereocenters. The van der Waals surface area contributed by atoms with Gasteiger partial charge in [0.2, 0.25) is 11.7 Å². The van der Waals surface area contributed by atoms with E-state index in [1.165, 1.54) is 0 Å². The molecule has 0 radical (unpaired) electrons. The maximum absolute atomic E-state index is 8.83. The second kappa shape index (κ2) is 6.88. The first kappa shape index (κ1) is 16.4. The van der Waals surface area contributed by atoms with E-state index in [0.29, 0.717) is 23.7 Å². The van der Waals surface area contributed by atoms with Gasteiger partial charge in [0.15, 0.2) is 0 Å². The van der Waals surface area contributed by atoms with Gasteiger partial charge in [0.05, 0.1) is 0 Å². The standard InChI is InChI=1S/C16H28N2O3/c1-4-20-16(10-8-15(2,3)9-11-16)14-17-13(21-18-14)7-5-6-12-19/h19H,4-12H2,1-3H3. The predicted octanol–water partition coefficient (Wildman–Crippen LogP) is 3.22. The summed E-state index contributed by atoms with van der Waals surface area (Å²) in [5.41, 5.74) is -0.00269. The largest absolute Gasteiger partial charge is 0.396 e. The number of aryl methyl sites for hydroxylation is 1. The molecule has 21 heavy (non-hydrogen) atoms. The van der Waals surface area contributed by atoms with E-state index in [9.17, 15) is 0 Å². The first-order chi connectivity index (χ1) is 10.0. The SMILES string of the molecule is CCOC1(c2noc(CCCCO)n2)CCC(C)(C)CC1. The van der Waals surface area contributed by atoms with Crippen molar-refractivity contribution in [3.05, 3.63) is 11.7 Å². The van der Waals surface area contributed by atoms with Gasteiger partial charge in [0, 0.05) is 19.6 Å². The quantitative estimate of drug-likeness (QED) is 0.782. The van der Waals surface area contributed by atoms with Gasteiger partial charge >= 0.3 is 0 Å². The highest BCUT2D eigenvalue weighted by Gasteiger charge is 2.43. The van der Waals surface area contributed by atoms with Crippen LogP contribution in [0.15, 0.2) is 4.52 Å². The van der Waals surface area contributed by atoms with Crippen LogP contribution < -0.4 is 0 Å². The monoisotopic (exact) mass is 296 g/mol. The third-order valence-corrected chi connectivity index (χ3v) is 4.51. The van der Waals surface area contributed by atoms with Gasteiger partial charge in [-0.2, -0.15) is 4.98 Å². The highest BCUT2D eigenvalue weighted by Crippen LogP contribution is 2.46. The van der Waals surface area contributed by atoms with Gasteiger partial charge in [-0.25, -0.2) is 0 Å². The number of aromatic nitrogens is 2. The van der Waals surface area contributed by atoms with Crippen molar-refractivity contribution in [2.75, 3.05) is 13.2 Å². The molecule has 1 N–H and O–H groups in total. The molecule has 1 aromatic rings. The molecule has 1 saturated carbocycles. The van der Waals surface area contributed by atoms with E-state index in [1.54, 1.807) is 0 Å². The van der Waals surface area contributed by atoms with Gasteiger partial charge in [-0.05, 0) is 50.9 Å². The number of ether oxygens (including phenoxy) is 1. The van der Waals surface area contributed by atoms with Crippen molar-refractivity contribution < 1.29 is 14.4 Å². The number of aliphatic hydroxyl groups is 1. The average Bonchev–Trinajstić information content (AvgIpc) is 2.91. The summed E-state index contributed by atoms with van der Waals surface area (Å²) >= 11 is 0. The molecule has 0 aliphatic heterocycles. The van der Waals surface area contributed by atoms with Crippen LogP contribution in [0.3, 0.4) is 0 Å². The lowest BCUT2D eigenvalue weighted by atomic mass is 9.70. The molecular weight excluding hydrogens is 268 g/mol. The summed E-state index contributed by atoms with van der Waals surface area (Å²) in [5, 5.41) is 13.0. The zero-order valence-corrected chi connectivity index (χ0v) is 13.5. The van der Waals surface area contributed by atoms with Gasteiger partial charge in [-0.15, -0.1) is 0 Å². The van der Waals surface area contributed by atoms with Crippen LogP contribution in [-0.4, -0.2) is 28.5 Å². The van der Waals surface area contributed by atoms with E-state index in [1.807, 2.05) is 6.92 Å². The molecule has 1 aromatic heterocycles. The Bertz CT molecular complexity index is 432. The van der Waals surface area contributed by atoms with Crippen molar-refractivity contribution >= 4 is 0 Å². The normalized spacial score (nSPS) is 20.6. The molecule has 2 rings (SSSR count). The molecular formula is C16H28N2O3. The molecule has 0 saturated heterocycles. The summed E-state index contributed by atoms with van der Waals surface area (Å²) in [6.45, 7) is 7.50. The Labute approximate surface area is 127 Å². The lowest BCUT2D eigenvalue weighted by Gasteiger charge is -2.41. The van der Waals surface area contributed by atoms with Crippen LogP contribution in [-0.2, 0) is 16.8 Å². The number of aliphatic hydroxyl groups excluding tert-OH is 1. The van der Waals surface area contributed by atoms with Crippen LogP contribution in [0, 0.1) is 5.41 Å². The maximum Gasteiger partial charge on any atom is 0.226 e. The number of unbranched alkanes of at least 4 members (excludes halogenated alkanes) is 1. The molecule has 1 fully saturated rings. The molecule has 0 aromatic carbocycles. The number of rotatable bonds is 7. The molecule has 5 nitrogen and oxygen atoms in total. The highest BCUT2D eigenvalue weighted by atomic mass is 16.5. The lowest BCUT2D eigenvalue weighted by Crippen LogP contribution is -2.38. The van der Waals surface area contributed by atoms with Crippen LogP contribution in [0.5, 0.6) is 0 Å². The van der Waals surface area contributed by atoms with E-state index in [2.05, 4.69) is 24.0 Å². The summed E-state index contributed by atoms with van der Waals surface area (Å²) in [4.78, 5) is 4.56. The van der Waals surface area contributed by atoms with Gasteiger partial charge in [0.1, 0.15) is 5.60 Å². The van der Waals surface area contributed by atoms with E-state index in [0.717, 1.165) is 44.9 Å². The fourth-order valence-electron chi connectivity index (χ4n) is 2.97. The molecule has 1 aliphatic rings. The van der Waals surface area contributed by atoms with Crippen LogP contribution >= 0.6 is 0 Å². The van der Waals surface area contributed by atoms with Crippen molar-refractivity contribution in [1.82, 2.24) is 10.1 Å². The zero-order chi connectivity index (χ0) is 15.3. The van der Waals surface area contributed by atoms with E-state index < -0.39 is 0 Å². The van der Waals surface area contributed by atoms with Crippen molar-refractivity contribution in [3.8, 4) is 0 Å². The Morgan fingerprint density at radius 1 is 1.19 bits per heavy atom. The minimum Gasteiger partial charge on any atom is -0.396 e. The van der Waals surface area contributed by atoms with Crippen molar-refractivity contribution in [2.45, 2.75) is 71.3 Å². The summed E-state index contributed by atoms with van der Waals surface area (Å²) in [7, 11) is 0. The Morgan fingerprint density at radius 3 is 2.52 bits per heavy atom. The van der Waals surface area contributed by atoms with Gasteiger partial charge in [-0.3, -0.25) is 0 Å². The number of nitrogens with zero attached hydrogens (tertiary/aromatic N) is 2. The molecule has 0 unspecified atom stereocenters. The fraction of sp³-hybridized carbons (Fsp3) is 0.875. The molecule has 0 spiro atoms. The maximum atomic E-state index is 8.83.